The summed E-state index contributed by atoms with van der Waals surface area (Å²) in [6.45, 7) is 24.2. The molecule has 1 aromatic carbocycles. The molecule has 0 amide bonds. The van der Waals surface area contributed by atoms with Gasteiger partial charge >= 0.3 is 5.97 Å². The zero-order valence-corrected chi connectivity index (χ0v) is 29.1. The van der Waals surface area contributed by atoms with E-state index in [9.17, 15) is 4.79 Å². The molecule has 9 heteroatoms. The third-order valence-corrected chi connectivity index (χ3v) is 12.7. The first-order valence-corrected chi connectivity index (χ1v) is 17.9. The van der Waals surface area contributed by atoms with Crippen LogP contribution in [-0.4, -0.2) is 58.2 Å². The lowest BCUT2D eigenvalue weighted by Gasteiger charge is -2.39. The van der Waals surface area contributed by atoms with Gasteiger partial charge in [0.1, 0.15) is 23.8 Å². The van der Waals surface area contributed by atoms with Gasteiger partial charge in [-0.3, -0.25) is 4.79 Å². The maximum Gasteiger partial charge on any atom is 0.311 e. The van der Waals surface area contributed by atoms with E-state index < -0.39 is 43.7 Å². The van der Waals surface area contributed by atoms with E-state index in [0.717, 1.165) is 11.3 Å². The predicted molar refractivity (Wildman–Crippen MR) is 167 cm³/mol. The molecule has 240 valence electrons. The van der Waals surface area contributed by atoms with E-state index in [1.807, 2.05) is 38.1 Å². The minimum absolute atomic E-state index is 0.0392. The first-order chi connectivity index (χ1) is 19.2. The molecule has 1 aliphatic rings. The average Bonchev–Trinajstić information content (AvgIpc) is 3.16. The van der Waals surface area contributed by atoms with Crippen molar-refractivity contribution in [2.45, 2.75) is 131 Å². The molecule has 1 aliphatic heterocycles. The molecule has 42 heavy (non-hydrogen) atoms. The van der Waals surface area contributed by atoms with Gasteiger partial charge in [-0.05, 0) is 83.4 Å². The van der Waals surface area contributed by atoms with Crippen LogP contribution in [0.25, 0.3) is 0 Å². The summed E-state index contributed by atoms with van der Waals surface area (Å²) in [6, 6.07) is 7.45. The van der Waals surface area contributed by atoms with Crippen LogP contribution in [0.2, 0.25) is 18.1 Å². The number of benzene rings is 1. The van der Waals surface area contributed by atoms with Gasteiger partial charge in [-0.2, -0.15) is 0 Å². The van der Waals surface area contributed by atoms with Crippen molar-refractivity contribution in [3.8, 4) is 5.75 Å². The topological polar surface area (TPSA) is 72.5 Å². The van der Waals surface area contributed by atoms with Gasteiger partial charge in [-0.15, -0.1) is 0 Å². The second-order valence-electron chi connectivity index (χ2n) is 14.4. The highest BCUT2D eigenvalue weighted by atomic mass is 28.4. The molecular formula is C33H55FO7Si. The Labute approximate surface area is 254 Å². The van der Waals surface area contributed by atoms with E-state index in [-0.39, 0.29) is 36.2 Å². The van der Waals surface area contributed by atoms with E-state index in [1.54, 1.807) is 47.8 Å². The molecule has 0 bridgehead atoms. The molecule has 2 rings (SSSR count). The minimum Gasteiger partial charge on any atom is -0.497 e. The van der Waals surface area contributed by atoms with Gasteiger partial charge in [0.25, 0.3) is 0 Å². The van der Waals surface area contributed by atoms with Crippen LogP contribution >= 0.6 is 0 Å². The minimum atomic E-state index is -2.05. The number of carbonyl (C=O) groups is 1. The molecule has 1 heterocycles. The number of hydrogen-bond donors (Lipinski definition) is 0. The van der Waals surface area contributed by atoms with Crippen molar-refractivity contribution in [2.24, 2.45) is 11.3 Å². The smallest absolute Gasteiger partial charge is 0.311 e. The third kappa shape index (κ3) is 10.4. The Hall–Kier alpha value is -1.78. The summed E-state index contributed by atoms with van der Waals surface area (Å²) < 4.78 is 52.3. The molecule has 0 saturated carbocycles. The van der Waals surface area contributed by atoms with Crippen molar-refractivity contribution in [3.05, 3.63) is 41.7 Å². The van der Waals surface area contributed by atoms with Gasteiger partial charge in [0.2, 0.25) is 0 Å². The Morgan fingerprint density at radius 2 is 1.67 bits per heavy atom. The summed E-state index contributed by atoms with van der Waals surface area (Å²) >= 11 is 0. The predicted octanol–water partition coefficient (Wildman–Crippen LogP) is 7.98. The number of ether oxygens (including phenoxy) is 5. The first-order valence-electron chi connectivity index (χ1n) is 15.0. The lowest BCUT2D eigenvalue weighted by atomic mass is 9.97. The number of rotatable bonds is 13. The summed E-state index contributed by atoms with van der Waals surface area (Å²) in [5, 5.41) is 0.0392. The summed E-state index contributed by atoms with van der Waals surface area (Å²) in [5.41, 5.74) is 0.245. The molecule has 0 radical (unpaired) electrons. The van der Waals surface area contributed by atoms with Crippen molar-refractivity contribution in [1.82, 2.24) is 0 Å². The van der Waals surface area contributed by atoms with Crippen LogP contribution in [0.3, 0.4) is 0 Å². The highest BCUT2D eigenvalue weighted by molar-refractivity contribution is 6.74. The average molecular weight is 611 g/mol. The second-order valence-corrected chi connectivity index (χ2v) is 19.1. The summed E-state index contributed by atoms with van der Waals surface area (Å²) in [6.07, 6.45) is -0.618. The van der Waals surface area contributed by atoms with Crippen molar-refractivity contribution in [2.75, 3.05) is 13.7 Å². The molecule has 0 aromatic heterocycles. The number of hydrogen-bond acceptors (Lipinski definition) is 7. The van der Waals surface area contributed by atoms with Crippen molar-refractivity contribution in [3.63, 3.8) is 0 Å². The second kappa shape index (κ2) is 14.3. The van der Waals surface area contributed by atoms with E-state index in [1.165, 1.54) is 0 Å². The fourth-order valence-corrected chi connectivity index (χ4v) is 5.79. The molecule has 0 N–H and O–H groups in total. The van der Waals surface area contributed by atoms with E-state index >= 15 is 4.39 Å². The van der Waals surface area contributed by atoms with Crippen LogP contribution in [-0.2, 0) is 34.8 Å². The number of halogens is 1. The van der Waals surface area contributed by atoms with Crippen LogP contribution in [0.1, 0.15) is 81.2 Å². The van der Waals surface area contributed by atoms with Crippen LogP contribution in [0, 0.1) is 11.3 Å². The summed E-state index contributed by atoms with van der Waals surface area (Å²) in [7, 11) is -0.441. The quantitative estimate of drug-likeness (QED) is 0.166. The Morgan fingerprint density at radius 1 is 1.07 bits per heavy atom. The Morgan fingerprint density at radius 3 is 2.19 bits per heavy atom. The lowest BCUT2D eigenvalue weighted by molar-refractivity contribution is -0.160. The van der Waals surface area contributed by atoms with Gasteiger partial charge in [0.05, 0.1) is 31.8 Å². The van der Waals surface area contributed by atoms with E-state index in [4.69, 9.17) is 28.1 Å². The molecule has 7 nitrogen and oxygen atoms in total. The SMILES string of the molecule is COc1ccc(CO[C@H](/C(F)=C\[C@@H](C)C(C)O[Si](C)(C)C(C)(C)C)[C@H]2OC(C)(C)O[C@H]2CCOC(=O)C(C)(C)C)cc1. The number of esters is 1. The Balaban J connectivity index is 2.32. The summed E-state index contributed by atoms with van der Waals surface area (Å²) in [4.78, 5) is 12.3. The van der Waals surface area contributed by atoms with Gasteiger partial charge in [0.15, 0.2) is 14.1 Å². The van der Waals surface area contributed by atoms with Gasteiger partial charge in [-0.1, -0.05) is 39.8 Å². The monoisotopic (exact) mass is 610 g/mol. The molecule has 1 unspecified atom stereocenters. The zero-order valence-electron chi connectivity index (χ0n) is 28.1. The largest absolute Gasteiger partial charge is 0.497 e. The Kier molecular flexibility index (Phi) is 12.4. The molecule has 0 spiro atoms. The number of methoxy groups -OCH3 is 1. The van der Waals surface area contributed by atoms with E-state index in [0.29, 0.717) is 6.42 Å². The van der Waals surface area contributed by atoms with Crippen molar-refractivity contribution >= 4 is 14.3 Å². The summed E-state index contributed by atoms with van der Waals surface area (Å²) in [5.74, 6) is -1.20. The molecular weight excluding hydrogens is 555 g/mol. The van der Waals surface area contributed by atoms with Crippen LogP contribution in [0.4, 0.5) is 4.39 Å². The molecule has 1 fully saturated rings. The highest BCUT2D eigenvalue weighted by Crippen LogP contribution is 2.39. The van der Waals surface area contributed by atoms with Crippen molar-refractivity contribution in [1.29, 1.82) is 0 Å². The third-order valence-electron chi connectivity index (χ3n) is 8.08. The molecule has 1 aromatic rings. The van der Waals surface area contributed by atoms with Crippen molar-refractivity contribution < 1.29 is 37.3 Å². The van der Waals surface area contributed by atoms with Crippen LogP contribution in [0.5, 0.6) is 5.75 Å². The maximum atomic E-state index is 16.3. The fourth-order valence-electron chi connectivity index (χ4n) is 4.30. The van der Waals surface area contributed by atoms with Gasteiger partial charge < -0.3 is 28.1 Å². The molecule has 1 saturated heterocycles. The maximum absolute atomic E-state index is 16.3. The number of carbonyl (C=O) groups excluding carboxylic acids is 1. The fraction of sp³-hybridized carbons (Fsp3) is 0.727. The lowest BCUT2D eigenvalue weighted by Crippen LogP contribution is -2.44. The Bertz CT molecular complexity index is 1040. The normalized spacial score (nSPS) is 22.0. The molecule has 5 atom stereocenters. The molecule has 0 aliphatic carbocycles. The highest BCUT2D eigenvalue weighted by Gasteiger charge is 2.47. The van der Waals surface area contributed by atoms with Gasteiger partial charge in [-0.25, -0.2) is 4.39 Å². The van der Waals surface area contributed by atoms with E-state index in [2.05, 4.69) is 33.9 Å². The first kappa shape index (κ1) is 36.4. The standard InChI is InChI=1S/C33H55FO7Si/c1-22(23(2)41-42(12,13)32(6,7)8)20-26(34)28(38-21-24-14-16-25(36-11)17-15-24)29-27(39-33(9,10)40-29)18-19-37-30(35)31(3,4)5/h14-17,20,22-23,27-29H,18-19,21H2,1-13H3/b26-20+/t22-,23?,27+,28-,29+/m1/s1. The zero-order chi connectivity index (χ0) is 32.1. The van der Waals surface area contributed by atoms with Crippen LogP contribution in [0.15, 0.2) is 36.2 Å². The van der Waals surface area contributed by atoms with Gasteiger partial charge in [0, 0.05) is 18.4 Å². The van der Waals surface area contributed by atoms with Crippen LogP contribution < -0.4 is 4.74 Å².